The van der Waals surface area contributed by atoms with Crippen molar-refractivity contribution >= 4 is 27.5 Å². The maximum atomic E-state index is 12.5. The fourth-order valence-corrected chi connectivity index (χ4v) is 2.83. The van der Waals surface area contributed by atoms with Crippen LogP contribution in [0.25, 0.3) is 0 Å². The van der Waals surface area contributed by atoms with Gasteiger partial charge in [0, 0.05) is 15.7 Å². The van der Waals surface area contributed by atoms with E-state index in [2.05, 4.69) is 27.6 Å². The van der Waals surface area contributed by atoms with Crippen LogP contribution < -0.4 is 0 Å². The van der Waals surface area contributed by atoms with Gasteiger partial charge in [-0.25, -0.2) is 0 Å². The van der Waals surface area contributed by atoms with E-state index in [1.54, 1.807) is 31.2 Å². The zero-order chi connectivity index (χ0) is 14.9. The lowest BCUT2D eigenvalue weighted by Gasteiger charge is -2.32. The van der Waals surface area contributed by atoms with Gasteiger partial charge in [0.05, 0.1) is 5.92 Å². The minimum atomic E-state index is -1.34. The van der Waals surface area contributed by atoms with E-state index in [9.17, 15) is 9.90 Å². The Morgan fingerprint density at radius 1 is 1.65 bits per heavy atom. The van der Waals surface area contributed by atoms with Gasteiger partial charge in [0.2, 0.25) is 0 Å². The molecule has 1 aliphatic rings. The van der Waals surface area contributed by atoms with Crippen LogP contribution in [0.3, 0.4) is 0 Å². The lowest BCUT2D eigenvalue weighted by molar-refractivity contribution is -0.0818. The third-order valence-corrected chi connectivity index (χ3v) is 4.01. The van der Waals surface area contributed by atoms with Crippen molar-refractivity contribution in [2.45, 2.75) is 26.0 Å². The van der Waals surface area contributed by atoms with Crippen molar-refractivity contribution in [3.8, 4) is 0 Å². The topological polar surface area (TPSA) is 52.9 Å². The van der Waals surface area contributed by atoms with Crippen LogP contribution >= 0.6 is 15.9 Å². The van der Waals surface area contributed by atoms with E-state index >= 15 is 0 Å². The third kappa shape index (κ3) is 2.55. The summed E-state index contributed by atoms with van der Waals surface area (Å²) in [6.07, 6.45) is 2.30. The van der Waals surface area contributed by atoms with Crippen LogP contribution in [0.4, 0.5) is 0 Å². The summed E-state index contributed by atoms with van der Waals surface area (Å²) in [7, 11) is 0. The van der Waals surface area contributed by atoms with Crippen LogP contribution in [0.15, 0.2) is 46.5 Å². The molecule has 5 heteroatoms. The first-order valence-electron chi connectivity index (χ1n) is 6.36. The van der Waals surface area contributed by atoms with Crippen molar-refractivity contribution in [1.82, 2.24) is 5.01 Å². The molecule has 0 fully saturated rings. The number of aliphatic hydroxyl groups is 1. The molecule has 1 aliphatic heterocycles. The molecule has 0 spiro atoms. The molecule has 1 amide bonds. The molecule has 0 unspecified atom stereocenters. The van der Waals surface area contributed by atoms with Gasteiger partial charge in [-0.2, -0.15) is 10.1 Å². The van der Waals surface area contributed by atoms with Gasteiger partial charge in [0.15, 0.2) is 5.72 Å². The summed E-state index contributed by atoms with van der Waals surface area (Å²) >= 11 is 3.33. The highest BCUT2D eigenvalue weighted by atomic mass is 79.9. The number of rotatable bonds is 3. The van der Waals surface area contributed by atoms with Crippen LogP contribution in [0.1, 0.15) is 30.6 Å². The van der Waals surface area contributed by atoms with E-state index in [4.69, 9.17) is 0 Å². The summed E-state index contributed by atoms with van der Waals surface area (Å²) in [5.74, 6) is -0.543. The van der Waals surface area contributed by atoms with Gasteiger partial charge in [-0.05, 0) is 38.5 Å². The Morgan fingerprint density at radius 2 is 2.35 bits per heavy atom. The number of amides is 1. The average Bonchev–Trinajstić information content (AvgIpc) is 2.61. The van der Waals surface area contributed by atoms with Crippen molar-refractivity contribution in [2.24, 2.45) is 11.0 Å². The van der Waals surface area contributed by atoms with Crippen LogP contribution in [-0.2, 0) is 0 Å². The smallest absolute Gasteiger partial charge is 0.276 e. The van der Waals surface area contributed by atoms with Gasteiger partial charge >= 0.3 is 0 Å². The Balaban J connectivity index is 2.34. The number of allylic oxidation sites excluding steroid dienone is 1. The van der Waals surface area contributed by atoms with Gasteiger partial charge in [0.1, 0.15) is 0 Å². The summed E-state index contributed by atoms with van der Waals surface area (Å²) in [6, 6.07) is 7.03. The Kier molecular flexibility index (Phi) is 4.11. The zero-order valence-corrected chi connectivity index (χ0v) is 13.1. The van der Waals surface area contributed by atoms with Crippen LogP contribution in [-0.4, -0.2) is 27.5 Å². The number of carbonyl (C=O) groups excluding carboxylic acids is 1. The van der Waals surface area contributed by atoms with Gasteiger partial charge < -0.3 is 5.11 Å². The first-order chi connectivity index (χ1) is 9.37. The molecular weight excluding hydrogens is 320 g/mol. The lowest BCUT2D eigenvalue weighted by atomic mass is 9.90. The molecule has 1 N–H and O–H groups in total. The molecule has 1 aromatic rings. The second-order valence-corrected chi connectivity index (χ2v) is 5.96. The molecule has 1 aromatic carbocycles. The molecule has 0 aliphatic carbocycles. The molecular formula is C15H17BrN2O2. The Labute approximate surface area is 126 Å². The highest BCUT2D eigenvalue weighted by Gasteiger charge is 2.47. The molecule has 20 heavy (non-hydrogen) atoms. The quantitative estimate of drug-likeness (QED) is 0.862. The number of hydrazone groups is 1. The van der Waals surface area contributed by atoms with Crippen molar-refractivity contribution in [3.63, 3.8) is 0 Å². The standard InChI is InChI=1S/C15H17BrN2O2/c1-4-6-13-10(2)17-18(15(13,3)20)14(19)11-7-5-8-12(16)9-11/h4-5,7-9,13,20H,1,6H2,2-3H3/t13-,15-/m0/s1. The monoisotopic (exact) mass is 336 g/mol. The van der Waals surface area contributed by atoms with E-state index < -0.39 is 5.72 Å². The largest absolute Gasteiger partial charge is 0.369 e. The van der Waals surface area contributed by atoms with E-state index in [0.29, 0.717) is 12.0 Å². The van der Waals surface area contributed by atoms with E-state index in [1.165, 1.54) is 0 Å². The average molecular weight is 337 g/mol. The number of hydrogen-bond donors (Lipinski definition) is 1. The second kappa shape index (κ2) is 5.50. The molecule has 2 atom stereocenters. The Bertz CT molecular complexity index is 581. The molecule has 0 bridgehead atoms. The third-order valence-electron chi connectivity index (χ3n) is 3.52. The molecule has 4 nitrogen and oxygen atoms in total. The van der Waals surface area contributed by atoms with Crippen molar-refractivity contribution in [3.05, 3.63) is 47.0 Å². The Morgan fingerprint density at radius 3 is 2.95 bits per heavy atom. The van der Waals surface area contributed by atoms with E-state index in [0.717, 1.165) is 15.2 Å². The van der Waals surface area contributed by atoms with Gasteiger partial charge in [-0.1, -0.05) is 28.1 Å². The first kappa shape index (κ1) is 14.9. The van der Waals surface area contributed by atoms with Crippen molar-refractivity contribution in [1.29, 1.82) is 0 Å². The second-order valence-electron chi connectivity index (χ2n) is 5.04. The number of halogens is 1. The predicted octanol–water partition coefficient (Wildman–Crippen LogP) is 3.18. The molecule has 1 heterocycles. The van der Waals surface area contributed by atoms with Gasteiger partial charge in [0.25, 0.3) is 5.91 Å². The van der Waals surface area contributed by atoms with Crippen molar-refractivity contribution in [2.75, 3.05) is 0 Å². The first-order valence-corrected chi connectivity index (χ1v) is 7.15. The summed E-state index contributed by atoms with van der Waals surface area (Å²) in [6.45, 7) is 7.11. The summed E-state index contributed by atoms with van der Waals surface area (Å²) < 4.78 is 0.811. The minimum absolute atomic E-state index is 0.226. The SMILES string of the molecule is C=CC[C@H]1C(C)=NN(C(=O)c2cccc(Br)c2)[C@@]1(C)O. The maximum absolute atomic E-state index is 12.5. The highest BCUT2D eigenvalue weighted by molar-refractivity contribution is 9.10. The molecule has 0 saturated carbocycles. The molecule has 0 aromatic heterocycles. The summed E-state index contributed by atoms with van der Waals surface area (Å²) in [5, 5.41) is 16.0. The van der Waals surface area contributed by atoms with E-state index in [1.807, 2.05) is 13.0 Å². The summed E-state index contributed by atoms with van der Waals surface area (Å²) in [5.41, 5.74) is -0.119. The molecule has 0 radical (unpaired) electrons. The number of hydrogen-bond acceptors (Lipinski definition) is 3. The zero-order valence-electron chi connectivity index (χ0n) is 11.5. The fraction of sp³-hybridized carbons (Fsp3) is 0.333. The number of carbonyl (C=O) groups is 1. The van der Waals surface area contributed by atoms with E-state index in [-0.39, 0.29) is 11.8 Å². The predicted molar refractivity (Wildman–Crippen MR) is 82.3 cm³/mol. The molecule has 106 valence electrons. The highest BCUT2D eigenvalue weighted by Crippen LogP contribution is 2.34. The Hall–Kier alpha value is -1.46. The molecule has 0 saturated heterocycles. The van der Waals surface area contributed by atoms with Gasteiger partial charge in [-0.15, -0.1) is 6.58 Å². The molecule has 2 rings (SSSR count). The van der Waals surface area contributed by atoms with Crippen molar-refractivity contribution < 1.29 is 9.90 Å². The van der Waals surface area contributed by atoms with Gasteiger partial charge in [-0.3, -0.25) is 4.79 Å². The summed E-state index contributed by atoms with van der Waals surface area (Å²) in [4.78, 5) is 12.5. The minimum Gasteiger partial charge on any atom is -0.369 e. The van der Waals surface area contributed by atoms with Crippen LogP contribution in [0.5, 0.6) is 0 Å². The number of benzene rings is 1. The maximum Gasteiger partial charge on any atom is 0.276 e. The lowest BCUT2D eigenvalue weighted by Crippen LogP contribution is -2.48. The fourth-order valence-electron chi connectivity index (χ4n) is 2.43. The number of nitrogens with zero attached hydrogens (tertiary/aromatic N) is 2. The van der Waals surface area contributed by atoms with Crippen LogP contribution in [0.2, 0.25) is 0 Å². The normalized spacial score (nSPS) is 25.5. The van der Waals surface area contributed by atoms with Crippen LogP contribution in [0, 0.1) is 5.92 Å².